The molecular formula is C14H21N3O3. The van der Waals surface area contributed by atoms with Crippen molar-refractivity contribution in [2.24, 2.45) is 11.1 Å². The smallest absolute Gasteiger partial charge is 0.311 e. The van der Waals surface area contributed by atoms with E-state index in [1.165, 1.54) is 13.2 Å². The SMILES string of the molecule is COc1cc(N2CC[C@H](N)C(C)(C)C2)ccc1[N+](=O)[O-]. The second-order valence-corrected chi connectivity index (χ2v) is 5.92. The van der Waals surface area contributed by atoms with Gasteiger partial charge in [-0.3, -0.25) is 10.1 Å². The highest BCUT2D eigenvalue weighted by Gasteiger charge is 2.33. The van der Waals surface area contributed by atoms with Gasteiger partial charge in [-0.05, 0) is 17.9 Å². The molecule has 1 saturated heterocycles. The summed E-state index contributed by atoms with van der Waals surface area (Å²) in [6.45, 7) is 5.97. The van der Waals surface area contributed by atoms with E-state index in [1.54, 1.807) is 12.1 Å². The van der Waals surface area contributed by atoms with Crippen LogP contribution in [-0.2, 0) is 0 Å². The van der Waals surface area contributed by atoms with E-state index in [9.17, 15) is 10.1 Å². The van der Waals surface area contributed by atoms with Crippen LogP contribution in [0.1, 0.15) is 20.3 Å². The van der Waals surface area contributed by atoms with Crippen molar-refractivity contribution in [2.45, 2.75) is 26.3 Å². The lowest BCUT2D eigenvalue weighted by molar-refractivity contribution is -0.385. The van der Waals surface area contributed by atoms with Crippen LogP contribution in [-0.4, -0.2) is 31.2 Å². The van der Waals surface area contributed by atoms with Gasteiger partial charge in [0, 0.05) is 37.0 Å². The van der Waals surface area contributed by atoms with Crippen LogP contribution >= 0.6 is 0 Å². The van der Waals surface area contributed by atoms with Gasteiger partial charge in [0.15, 0.2) is 5.75 Å². The molecule has 6 nitrogen and oxygen atoms in total. The van der Waals surface area contributed by atoms with E-state index in [0.29, 0.717) is 5.75 Å². The number of nitro benzene ring substituents is 1. The molecule has 0 saturated carbocycles. The third-order valence-corrected chi connectivity index (χ3v) is 4.04. The van der Waals surface area contributed by atoms with Crippen molar-refractivity contribution in [3.8, 4) is 5.75 Å². The van der Waals surface area contributed by atoms with Gasteiger partial charge < -0.3 is 15.4 Å². The maximum atomic E-state index is 10.9. The van der Waals surface area contributed by atoms with Crippen LogP contribution in [0.15, 0.2) is 18.2 Å². The van der Waals surface area contributed by atoms with E-state index in [2.05, 4.69) is 18.7 Å². The van der Waals surface area contributed by atoms with Crippen LogP contribution < -0.4 is 15.4 Å². The third kappa shape index (κ3) is 2.70. The Labute approximate surface area is 118 Å². The fourth-order valence-corrected chi connectivity index (χ4v) is 2.61. The molecule has 0 radical (unpaired) electrons. The lowest BCUT2D eigenvalue weighted by Crippen LogP contribution is -2.52. The summed E-state index contributed by atoms with van der Waals surface area (Å²) in [6, 6.07) is 5.17. The van der Waals surface area contributed by atoms with Crippen LogP contribution in [0.25, 0.3) is 0 Å². The summed E-state index contributed by atoms with van der Waals surface area (Å²) in [5.41, 5.74) is 7.08. The number of ether oxygens (including phenoxy) is 1. The molecular weight excluding hydrogens is 258 g/mol. The van der Waals surface area contributed by atoms with Crippen molar-refractivity contribution in [1.29, 1.82) is 0 Å². The van der Waals surface area contributed by atoms with Crippen molar-refractivity contribution in [1.82, 2.24) is 0 Å². The number of methoxy groups -OCH3 is 1. The third-order valence-electron chi connectivity index (χ3n) is 4.04. The minimum Gasteiger partial charge on any atom is -0.490 e. The normalized spacial score (nSPS) is 21.6. The van der Waals surface area contributed by atoms with Gasteiger partial charge >= 0.3 is 5.69 Å². The topological polar surface area (TPSA) is 81.6 Å². The molecule has 0 amide bonds. The van der Waals surface area contributed by atoms with E-state index in [4.69, 9.17) is 10.5 Å². The molecule has 1 aliphatic heterocycles. The molecule has 1 fully saturated rings. The van der Waals surface area contributed by atoms with Gasteiger partial charge in [-0.2, -0.15) is 0 Å². The molecule has 1 aliphatic rings. The zero-order valence-corrected chi connectivity index (χ0v) is 12.1. The molecule has 2 rings (SSSR count). The summed E-state index contributed by atoms with van der Waals surface area (Å²) < 4.78 is 5.12. The Morgan fingerprint density at radius 1 is 1.50 bits per heavy atom. The summed E-state index contributed by atoms with van der Waals surface area (Å²) in [5, 5.41) is 10.9. The fourth-order valence-electron chi connectivity index (χ4n) is 2.61. The average molecular weight is 279 g/mol. The second kappa shape index (κ2) is 5.28. The molecule has 0 aromatic heterocycles. The molecule has 1 heterocycles. The minimum atomic E-state index is -0.432. The van der Waals surface area contributed by atoms with Gasteiger partial charge in [0.1, 0.15) is 0 Å². The molecule has 1 aromatic carbocycles. The molecule has 2 N–H and O–H groups in total. The zero-order chi connectivity index (χ0) is 14.9. The van der Waals surface area contributed by atoms with Gasteiger partial charge in [-0.25, -0.2) is 0 Å². The molecule has 1 atom stereocenters. The van der Waals surface area contributed by atoms with Crippen molar-refractivity contribution in [3.63, 3.8) is 0 Å². The number of piperidine rings is 1. The number of anilines is 1. The van der Waals surface area contributed by atoms with Crippen molar-refractivity contribution in [2.75, 3.05) is 25.1 Å². The molecule has 1 aromatic rings. The predicted molar refractivity (Wildman–Crippen MR) is 78.2 cm³/mol. The minimum absolute atomic E-state index is 0.00998. The van der Waals surface area contributed by atoms with E-state index >= 15 is 0 Å². The Morgan fingerprint density at radius 2 is 2.20 bits per heavy atom. The highest BCUT2D eigenvalue weighted by Crippen LogP contribution is 2.35. The zero-order valence-electron chi connectivity index (χ0n) is 12.1. The van der Waals surface area contributed by atoms with Crippen molar-refractivity contribution >= 4 is 11.4 Å². The summed E-state index contributed by atoms with van der Waals surface area (Å²) >= 11 is 0. The van der Waals surface area contributed by atoms with Crippen LogP contribution in [0.5, 0.6) is 5.75 Å². The first-order valence-corrected chi connectivity index (χ1v) is 6.68. The van der Waals surface area contributed by atoms with Gasteiger partial charge in [0.2, 0.25) is 0 Å². The first-order chi connectivity index (χ1) is 9.35. The largest absolute Gasteiger partial charge is 0.490 e. The number of benzene rings is 1. The molecule has 0 spiro atoms. The first-order valence-electron chi connectivity index (χ1n) is 6.68. The van der Waals surface area contributed by atoms with Gasteiger partial charge in [-0.15, -0.1) is 0 Å². The summed E-state index contributed by atoms with van der Waals surface area (Å²) in [4.78, 5) is 12.7. The van der Waals surface area contributed by atoms with Crippen LogP contribution in [0.2, 0.25) is 0 Å². The molecule has 0 bridgehead atoms. The van der Waals surface area contributed by atoms with E-state index in [1.807, 2.05) is 0 Å². The Balaban J connectivity index is 2.28. The number of nitrogens with two attached hydrogens (primary N) is 1. The van der Waals surface area contributed by atoms with Gasteiger partial charge in [-0.1, -0.05) is 13.8 Å². The highest BCUT2D eigenvalue weighted by atomic mass is 16.6. The average Bonchev–Trinajstić information content (AvgIpc) is 2.40. The van der Waals surface area contributed by atoms with Crippen molar-refractivity contribution < 1.29 is 9.66 Å². The Hall–Kier alpha value is -1.82. The molecule has 20 heavy (non-hydrogen) atoms. The maximum absolute atomic E-state index is 10.9. The second-order valence-electron chi connectivity index (χ2n) is 5.92. The molecule has 0 aliphatic carbocycles. The van der Waals surface area contributed by atoms with Gasteiger partial charge in [0.25, 0.3) is 0 Å². The molecule has 6 heteroatoms. The van der Waals surface area contributed by atoms with Crippen LogP contribution in [0, 0.1) is 15.5 Å². The number of hydrogen-bond donors (Lipinski definition) is 1. The standard InChI is InChI=1S/C14H21N3O3/c1-14(2)9-16(7-6-13(14)15)10-4-5-11(17(18)19)12(8-10)20-3/h4-5,8,13H,6-7,9,15H2,1-3H3/t13-/m0/s1. The van der Waals surface area contributed by atoms with Crippen molar-refractivity contribution in [3.05, 3.63) is 28.3 Å². The van der Waals surface area contributed by atoms with Gasteiger partial charge in [0.05, 0.1) is 12.0 Å². The predicted octanol–water partition coefficient (Wildman–Crippen LogP) is 2.17. The van der Waals surface area contributed by atoms with E-state index in [-0.39, 0.29) is 17.1 Å². The Bertz CT molecular complexity index is 516. The summed E-state index contributed by atoms with van der Waals surface area (Å²) in [7, 11) is 1.45. The molecule has 110 valence electrons. The summed E-state index contributed by atoms with van der Waals surface area (Å²) in [6.07, 6.45) is 0.909. The monoisotopic (exact) mass is 279 g/mol. The number of nitrogens with zero attached hydrogens (tertiary/aromatic N) is 2. The lowest BCUT2D eigenvalue weighted by atomic mass is 9.79. The quantitative estimate of drug-likeness (QED) is 0.677. The van der Waals surface area contributed by atoms with Crippen LogP contribution in [0.3, 0.4) is 0 Å². The van der Waals surface area contributed by atoms with E-state index < -0.39 is 4.92 Å². The number of rotatable bonds is 3. The highest BCUT2D eigenvalue weighted by molar-refractivity contribution is 5.59. The van der Waals surface area contributed by atoms with E-state index in [0.717, 1.165) is 25.2 Å². The Kier molecular flexibility index (Phi) is 3.85. The number of hydrogen-bond acceptors (Lipinski definition) is 5. The fraction of sp³-hybridized carbons (Fsp3) is 0.571. The number of nitro groups is 1. The maximum Gasteiger partial charge on any atom is 0.311 e. The molecule has 0 unspecified atom stereocenters. The Morgan fingerprint density at radius 3 is 2.75 bits per heavy atom. The lowest BCUT2D eigenvalue weighted by Gasteiger charge is -2.43. The first kappa shape index (κ1) is 14.6. The summed E-state index contributed by atoms with van der Waals surface area (Å²) in [5.74, 6) is 0.292. The van der Waals surface area contributed by atoms with Crippen LogP contribution in [0.4, 0.5) is 11.4 Å².